The fraction of sp³-hybridized carbons (Fsp3) is 0.429. The van der Waals surface area contributed by atoms with Gasteiger partial charge in [-0.1, -0.05) is 6.07 Å². The van der Waals surface area contributed by atoms with Gasteiger partial charge in [0.1, 0.15) is 0 Å². The number of carbonyl (C=O) groups is 1. The summed E-state index contributed by atoms with van der Waals surface area (Å²) in [6.07, 6.45) is 5.28. The van der Waals surface area contributed by atoms with Crippen molar-refractivity contribution < 1.29 is 9.53 Å². The number of rotatable bonds is 5. The Morgan fingerprint density at radius 1 is 1.21 bits per heavy atom. The van der Waals surface area contributed by atoms with Crippen LogP contribution in [0.3, 0.4) is 0 Å². The number of hydrogen-bond donors (Lipinski definition) is 1. The van der Waals surface area contributed by atoms with E-state index in [2.05, 4.69) is 20.5 Å². The van der Waals surface area contributed by atoms with E-state index in [1.807, 2.05) is 48.3 Å². The van der Waals surface area contributed by atoms with E-state index in [9.17, 15) is 4.79 Å². The Kier molecular flexibility index (Phi) is 5.44. The van der Waals surface area contributed by atoms with E-state index in [0.717, 1.165) is 54.5 Å². The predicted octanol–water partition coefficient (Wildman–Crippen LogP) is 2.67. The Balaban J connectivity index is 1.39. The van der Waals surface area contributed by atoms with Crippen molar-refractivity contribution in [2.45, 2.75) is 46.2 Å². The summed E-state index contributed by atoms with van der Waals surface area (Å²) < 4.78 is 9.19. The van der Waals surface area contributed by atoms with Crippen LogP contribution in [0, 0.1) is 20.8 Å². The second-order valence-corrected chi connectivity index (χ2v) is 7.48. The molecule has 8 nitrogen and oxygen atoms in total. The predicted molar refractivity (Wildman–Crippen MR) is 108 cm³/mol. The SMILES string of the molecule is Cc1cc(C)n(-c2ccc(CNC(=O)c3cnn(C4CCOCC4)c3C)cn2)n1. The number of aryl methyl sites for hydroxylation is 2. The first kappa shape index (κ1) is 19.3. The average molecular weight is 394 g/mol. The molecule has 1 fully saturated rings. The zero-order chi connectivity index (χ0) is 20.4. The summed E-state index contributed by atoms with van der Waals surface area (Å²) in [4.78, 5) is 17.1. The van der Waals surface area contributed by atoms with Gasteiger partial charge < -0.3 is 10.1 Å². The van der Waals surface area contributed by atoms with Crippen molar-refractivity contribution in [3.8, 4) is 5.82 Å². The largest absolute Gasteiger partial charge is 0.381 e. The van der Waals surface area contributed by atoms with Crippen molar-refractivity contribution in [3.05, 3.63) is 58.8 Å². The van der Waals surface area contributed by atoms with Crippen molar-refractivity contribution in [1.82, 2.24) is 29.9 Å². The van der Waals surface area contributed by atoms with Gasteiger partial charge in [-0.15, -0.1) is 0 Å². The lowest BCUT2D eigenvalue weighted by atomic mass is 10.1. The number of pyridine rings is 1. The van der Waals surface area contributed by atoms with Gasteiger partial charge in [-0.05, 0) is 51.3 Å². The molecule has 0 radical (unpaired) electrons. The molecule has 0 aromatic carbocycles. The Labute approximate surface area is 169 Å². The van der Waals surface area contributed by atoms with Crippen LogP contribution in [0.15, 0.2) is 30.6 Å². The summed E-state index contributed by atoms with van der Waals surface area (Å²) in [5, 5.41) is 11.9. The summed E-state index contributed by atoms with van der Waals surface area (Å²) in [7, 11) is 0. The zero-order valence-corrected chi connectivity index (χ0v) is 17.1. The van der Waals surface area contributed by atoms with Crippen LogP contribution >= 0.6 is 0 Å². The molecule has 0 atom stereocenters. The molecule has 0 saturated carbocycles. The van der Waals surface area contributed by atoms with Crippen LogP contribution in [-0.4, -0.2) is 43.7 Å². The van der Waals surface area contributed by atoms with Gasteiger partial charge in [0.25, 0.3) is 5.91 Å². The third-order valence-electron chi connectivity index (χ3n) is 5.31. The van der Waals surface area contributed by atoms with Crippen LogP contribution in [0.2, 0.25) is 0 Å². The van der Waals surface area contributed by atoms with Crippen LogP contribution < -0.4 is 5.32 Å². The third kappa shape index (κ3) is 4.07. The fourth-order valence-corrected chi connectivity index (χ4v) is 3.73. The highest BCUT2D eigenvalue weighted by molar-refractivity contribution is 5.95. The maximum absolute atomic E-state index is 12.6. The average Bonchev–Trinajstić information content (AvgIpc) is 3.28. The minimum absolute atomic E-state index is 0.122. The quantitative estimate of drug-likeness (QED) is 0.719. The molecule has 1 amide bonds. The molecule has 1 saturated heterocycles. The number of amides is 1. The normalized spacial score (nSPS) is 14.9. The monoisotopic (exact) mass is 394 g/mol. The van der Waals surface area contributed by atoms with Crippen LogP contribution in [0.4, 0.5) is 0 Å². The summed E-state index contributed by atoms with van der Waals surface area (Å²) in [5.74, 6) is 0.641. The van der Waals surface area contributed by atoms with Crippen LogP contribution in [0.25, 0.3) is 5.82 Å². The molecule has 29 heavy (non-hydrogen) atoms. The number of aromatic nitrogens is 5. The number of nitrogens with zero attached hydrogens (tertiary/aromatic N) is 5. The van der Waals surface area contributed by atoms with E-state index in [4.69, 9.17) is 4.74 Å². The highest BCUT2D eigenvalue weighted by atomic mass is 16.5. The molecule has 1 N–H and O–H groups in total. The molecular formula is C21H26N6O2. The maximum Gasteiger partial charge on any atom is 0.255 e. The van der Waals surface area contributed by atoms with Crippen molar-refractivity contribution in [2.75, 3.05) is 13.2 Å². The fourth-order valence-electron chi connectivity index (χ4n) is 3.73. The second-order valence-electron chi connectivity index (χ2n) is 7.48. The molecule has 3 aromatic heterocycles. The Hall–Kier alpha value is -3.00. The molecule has 4 heterocycles. The molecule has 1 aliphatic heterocycles. The number of carbonyl (C=O) groups excluding carboxylic acids is 1. The van der Waals surface area contributed by atoms with Crippen molar-refractivity contribution in [3.63, 3.8) is 0 Å². The number of nitrogens with one attached hydrogen (secondary N) is 1. The van der Waals surface area contributed by atoms with E-state index < -0.39 is 0 Å². The van der Waals surface area contributed by atoms with Crippen molar-refractivity contribution in [2.24, 2.45) is 0 Å². The standard InChI is InChI=1S/C21H26N6O2/c1-14-10-15(2)26(25-14)20-5-4-17(11-22-20)12-23-21(28)19-13-24-27(16(19)3)18-6-8-29-9-7-18/h4-5,10-11,13,18H,6-9,12H2,1-3H3,(H,23,28). The van der Waals surface area contributed by atoms with E-state index in [1.165, 1.54) is 0 Å². The minimum atomic E-state index is -0.122. The lowest BCUT2D eigenvalue weighted by Gasteiger charge is -2.23. The molecule has 0 aliphatic carbocycles. The highest BCUT2D eigenvalue weighted by Gasteiger charge is 2.21. The number of hydrogen-bond acceptors (Lipinski definition) is 5. The summed E-state index contributed by atoms with van der Waals surface area (Å²) in [6, 6.07) is 6.18. The molecule has 0 bridgehead atoms. The summed E-state index contributed by atoms with van der Waals surface area (Å²) in [6.45, 7) is 7.80. The first-order valence-corrected chi connectivity index (χ1v) is 9.91. The van der Waals surface area contributed by atoms with Crippen molar-refractivity contribution >= 4 is 5.91 Å². The van der Waals surface area contributed by atoms with Gasteiger partial charge in [0.05, 0.1) is 23.5 Å². The summed E-state index contributed by atoms with van der Waals surface area (Å²) >= 11 is 0. The van der Waals surface area contributed by atoms with E-state index in [0.29, 0.717) is 18.2 Å². The zero-order valence-electron chi connectivity index (χ0n) is 17.1. The van der Waals surface area contributed by atoms with Crippen LogP contribution in [0.5, 0.6) is 0 Å². The molecule has 3 aromatic rings. The summed E-state index contributed by atoms with van der Waals surface area (Å²) in [5.41, 5.74) is 4.43. The first-order valence-electron chi connectivity index (χ1n) is 9.91. The van der Waals surface area contributed by atoms with Gasteiger partial charge in [0, 0.05) is 37.3 Å². The smallest absolute Gasteiger partial charge is 0.255 e. The van der Waals surface area contributed by atoms with Gasteiger partial charge in [-0.25, -0.2) is 9.67 Å². The van der Waals surface area contributed by atoms with Gasteiger partial charge in [0.2, 0.25) is 0 Å². The molecule has 1 aliphatic rings. The van der Waals surface area contributed by atoms with E-state index in [-0.39, 0.29) is 5.91 Å². The lowest BCUT2D eigenvalue weighted by Crippen LogP contribution is -2.25. The topological polar surface area (TPSA) is 86.9 Å². The Morgan fingerprint density at radius 2 is 2.00 bits per heavy atom. The van der Waals surface area contributed by atoms with Crippen LogP contribution in [0.1, 0.15) is 51.9 Å². The van der Waals surface area contributed by atoms with Gasteiger partial charge in [-0.3, -0.25) is 9.48 Å². The Bertz CT molecular complexity index is 999. The molecule has 4 rings (SSSR count). The third-order valence-corrected chi connectivity index (χ3v) is 5.31. The van der Waals surface area contributed by atoms with Gasteiger partial charge in [0.15, 0.2) is 5.82 Å². The van der Waals surface area contributed by atoms with E-state index in [1.54, 1.807) is 12.4 Å². The highest BCUT2D eigenvalue weighted by Crippen LogP contribution is 2.23. The van der Waals surface area contributed by atoms with Gasteiger partial charge >= 0.3 is 0 Å². The minimum Gasteiger partial charge on any atom is -0.381 e. The Morgan fingerprint density at radius 3 is 2.66 bits per heavy atom. The van der Waals surface area contributed by atoms with Gasteiger partial charge in [-0.2, -0.15) is 10.2 Å². The molecule has 152 valence electrons. The second kappa shape index (κ2) is 8.16. The first-order chi connectivity index (χ1) is 14.0. The van der Waals surface area contributed by atoms with E-state index >= 15 is 0 Å². The number of ether oxygens (including phenoxy) is 1. The molecular weight excluding hydrogens is 368 g/mol. The lowest BCUT2D eigenvalue weighted by molar-refractivity contribution is 0.0656. The molecule has 8 heteroatoms. The molecule has 0 spiro atoms. The van der Waals surface area contributed by atoms with Crippen LogP contribution in [-0.2, 0) is 11.3 Å². The maximum atomic E-state index is 12.6. The van der Waals surface area contributed by atoms with Crippen molar-refractivity contribution in [1.29, 1.82) is 0 Å². The molecule has 0 unspecified atom stereocenters.